The quantitative estimate of drug-likeness (QED) is 0.574. The van der Waals surface area contributed by atoms with E-state index >= 15 is 0 Å². The van der Waals surface area contributed by atoms with Crippen molar-refractivity contribution in [3.8, 4) is 5.75 Å². The van der Waals surface area contributed by atoms with Crippen LogP contribution in [0.5, 0.6) is 5.75 Å². The van der Waals surface area contributed by atoms with Gasteiger partial charge in [-0.25, -0.2) is 13.2 Å². The van der Waals surface area contributed by atoms with Crippen molar-refractivity contribution >= 4 is 55.0 Å². The fraction of sp³-hybridized carbons (Fsp3) is 0.353. The highest BCUT2D eigenvalue weighted by Crippen LogP contribution is 2.29. The summed E-state index contributed by atoms with van der Waals surface area (Å²) in [5.41, 5.74) is 0.769. The van der Waals surface area contributed by atoms with Gasteiger partial charge in [-0.1, -0.05) is 6.07 Å². The molecule has 0 bridgehead atoms. The maximum Gasteiger partial charge on any atom is 0.350 e. The Labute approximate surface area is 175 Å². The van der Waals surface area contributed by atoms with Gasteiger partial charge in [0, 0.05) is 24.6 Å². The van der Waals surface area contributed by atoms with E-state index in [0.717, 1.165) is 32.9 Å². The number of methoxy groups -OCH3 is 1. The zero-order chi connectivity index (χ0) is 19.4. The number of carbonyl (C=O) groups is 1. The summed E-state index contributed by atoms with van der Waals surface area (Å²) in [7, 11) is -2.12. The molecule has 0 unspecified atom stereocenters. The Morgan fingerprint density at radius 1 is 1.26 bits per heavy atom. The molecule has 0 saturated carbocycles. The minimum Gasteiger partial charge on any atom is -0.496 e. The number of thiophene rings is 1. The molecule has 2 aromatic rings. The summed E-state index contributed by atoms with van der Waals surface area (Å²) in [6.07, 6.45) is 0. The van der Waals surface area contributed by atoms with Gasteiger partial charge < -0.3 is 9.47 Å². The fourth-order valence-electron chi connectivity index (χ4n) is 2.59. The molecule has 1 aromatic carbocycles. The van der Waals surface area contributed by atoms with E-state index in [2.05, 4.69) is 15.9 Å². The normalized spacial score (nSPS) is 15.5. The lowest BCUT2D eigenvalue weighted by Crippen LogP contribution is -2.38. The molecule has 3 rings (SSSR count). The van der Waals surface area contributed by atoms with Crippen molar-refractivity contribution in [1.82, 2.24) is 4.31 Å². The van der Waals surface area contributed by atoms with Crippen molar-refractivity contribution < 1.29 is 22.7 Å². The molecule has 2 heterocycles. The topological polar surface area (TPSA) is 72.9 Å². The van der Waals surface area contributed by atoms with E-state index < -0.39 is 16.0 Å². The highest BCUT2D eigenvalue weighted by molar-refractivity contribution is 9.10. The van der Waals surface area contributed by atoms with E-state index in [9.17, 15) is 13.2 Å². The number of benzene rings is 1. The number of esters is 1. The van der Waals surface area contributed by atoms with Gasteiger partial charge in [0.25, 0.3) is 0 Å². The lowest BCUT2D eigenvalue weighted by Gasteiger charge is -2.25. The highest BCUT2D eigenvalue weighted by Gasteiger charge is 2.31. The average molecular weight is 492 g/mol. The molecule has 1 aliphatic rings. The molecule has 146 valence electrons. The van der Waals surface area contributed by atoms with Crippen LogP contribution in [0.4, 0.5) is 0 Å². The first-order chi connectivity index (χ1) is 12.9. The SMILES string of the molecule is COc1ccc(COC(=O)c2sccc2S(=O)(=O)N2CCSCC2)cc1Br. The monoisotopic (exact) mass is 491 g/mol. The number of hydrogen-bond donors (Lipinski definition) is 0. The fourth-order valence-corrected chi connectivity index (χ4v) is 7.04. The van der Waals surface area contributed by atoms with Crippen LogP contribution in [0.15, 0.2) is 39.0 Å². The molecule has 1 aliphatic heterocycles. The van der Waals surface area contributed by atoms with E-state index in [4.69, 9.17) is 9.47 Å². The second kappa shape index (κ2) is 8.95. The van der Waals surface area contributed by atoms with E-state index in [1.807, 2.05) is 0 Å². The van der Waals surface area contributed by atoms with Crippen LogP contribution in [-0.2, 0) is 21.4 Å². The Morgan fingerprint density at radius 3 is 2.67 bits per heavy atom. The summed E-state index contributed by atoms with van der Waals surface area (Å²) >= 11 is 6.19. The Kier molecular flexibility index (Phi) is 6.85. The Morgan fingerprint density at radius 2 is 2.00 bits per heavy atom. The number of nitrogens with zero attached hydrogens (tertiary/aromatic N) is 1. The number of hydrogen-bond acceptors (Lipinski definition) is 7. The summed E-state index contributed by atoms with van der Waals surface area (Å²) in [5.74, 6) is 1.56. The number of rotatable bonds is 6. The lowest BCUT2D eigenvalue weighted by molar-refractivity contribution is 0.0474. The van der Waals surface area contributed by atoms with Crippen LogP contribution < -0.4 is 4.74 Å². The lowest BCUT2D eigenvalue weighted by atomic mass is 10.2. The molecule has 6 nitrogen and oxygen atoms in total. The van der Waals surface area contributed by atoms with Gasteiger partial charge >= 0.3 is 5.97 Å². The van der Waals surface area contributed by atoms with Gasteiger partial charge in [0.1, 0.15) is 22.1 Å². The summed E-state index contributed by atoms with van der Waals surface area (Å²) in [4.78, 5) is 12.6. The predicted molar refractivity (Wildman–Crippen MR) is 110 cm³/mol. The number of halogens is 1. The van der Waals surface area contributed by atoms with E-state index in [0.29, 0.717) is 18.8 Å². The van der Waals surface area contributed by atoms with Crippen LogP contribution in [0.3, 0.4) is 0 Å². The van der Waals surface area contributed by atoms with E-state index in [1.165, 1.54) is 10.4 Å². The maximum atomic E-state index is 12.9. The molecule has 1 aromatic heterocycles. The molecule has 0 N–H and O–H groups in total. The second-order valence-corrected chi connectivity index (χ2v) is 10.6. The summed E-state index contributed by atoms with van der Waals surface area (Å²) < 4.78 is 38.4. The van der Waals surface area contributed by atoms with Crippen molar-refractivity contribution in [2.75, 3.05) is 31.7 Å². The van der Waals surface area contributed by atoms with Gasteiger partial charge in [-0.15, -0.1) is 11.3 Å². The summed E-state index contributed by atoms with van der Waals surface area (Å²) in [5, 5.41) is 1.60. The van der Waals surface area contributed by atoms with E-state index in [1.54, 1.807) is 42.5 Å². The Hall–Kier alpha value is -1.07. The third-order valence-electron chi connectivity index (χ3n) is 3.99. The molecular weight excluding hydrogens is 474 g/mol. The Bertz CT molecular complexity index is 922. The van der Waals surface area contributed by atoms with Gasteiger partial charge in [-0.05, 0) is 45.1 Å². The minimum atomic E-state index is -3.69. The molecular formula is C17H18BrNO5S3. The van der Waals surface area contributed by atoms with Crippen molar-refractivity contribution in [2.45, 2.75) is 11.5 Å². The van der Waals surface area contributed by atoms with Crippen molar-refractivity contribution in [2.24, 2.45) is 0 Å². The van der Waals surface area contributed by atoms with Gasteiger partial charge in [0.2, 0.25) is 10.0 Å². The second-order valence-electron chi connectivity index (χ2n) is 5.68. The largest absolute Gasteiger partial charge is 0.496 e. The Balaban J connectivity index is 1.73. The zero-order valence-electron chi connectivity index (χ0n) is 14.5. The molecule has 0 atom stereocenters. The van der Waals surface area contributed by atoms with Crippen LogP contribution in [0.1, 0.15) is 15.2 Å². The predicted octanol–water partition coefficient (Wildman–Crippen LogP) is 3.61. The number of thioether (sulfide) groups is 1. The van der Waals surface area contributed by atoms with Crippen molar-refractivity contribution in [1.29, 1.82) is 0 Å². The zero-order valence-corrected chi connectivity index (χ0v) is 18.5. The van der Waals surface area contributed by atoms with Gasteiger partial charge in [0.15, 0.2) is 0 Å². The first kappa shape index (κ1) is 20.7. The molecule has 0 spiro atoms. The number of carbonyl (C=O) groups excluding carboxylic acids is 1. The van der Waals surface area contributed by atoms with Crippen LogP contribution in [0.25, 0.3) is 0 Å². The summed E-state index contributed by atoms with van der Waals surface area (Å²) in [6, 6.07) is 6.82. The standard InChI is InChI=1S/C17H18BrNO5S3/c1-23-14-3-2-12(10-13(14)18)11-24-17(20)16-15(4-7-26-16)27(21,22)19-5-8-25-9-6-19/h2-4,7,10H,5-6,8-9,11H2,1H3. The van der Waals surface area contributed by atoms with Crippen molar-refractivity contribution in [3.63, 3.8) is 0 Å². The molecule has 10 heteroatoms. The first-order valence-corrected chi connectivity index (χ1v) is 12.3. The molecule has 27 heavy (non-hydrogen) atoms. The molecule has 1 fully saturated rings. The maximum absolute atomic E-state index is 12.9. The number of sulfonamides is 1. The average Bonchev–Trinajstić information content (AvgIpc) is 3.18. The third-order valence-corrected chi connectivity index (χ3v) is 8.52. The molecule has 1 saturated heterocycles. The number of ether oxygens (including phenoxy) is 2. The van der Waals surface area contributed by atoms with Gasteiger partial charge in [-0.3, -0.25) is 0 Å². The molecule has 0 radical (unpaired) electrons. The van der Waals surface area contributed by atoms with Crippen LogP contribution >= 0.6 is 39.0 Å². The first-order valence-electron chi connectivity index (χ1n) is 8.08. The molecule has 0 aliphatic carbocycles. The van der Waals surface area contributed by atoms with Crippen LogP contribution in [-0.4, -0.2) is 50.4 Å². The third kappa shape index (κ3) is 4.68. The van der Waals surface area contributed by atoms with Crippen molar-refractivity contribution in [3.05, 3.63) is 44.6 Å². The minimum absolute atomic E-state index is 0.0281. The van der Waals surface area contributed by atoms with Gasteiger partial charge in [-0.2, -0.15) is 16.1 Å². The highest BCUT2D eigenvalue weighted by atomic mass is 79.9. The van der Waals surface area contributed by atoms with Crippen LogP contribution in [0.2, 0.25) is 0 Å². The van der Waals surface area contributed by atoms with E-state index in [-0.39, 0.29) is 16.4 Å². The smallest absolute Gasteiger partial charge is 0.350 e. The van der Waals surface area contributed by atoms with Crippen LogP contribution in [0, 0.1) is 0 Å². The molecule has 0 amide bonds. The summed E-state index contributed by atoms with van der Waals surface area (Å²) in [6.45, 7) is 0.952. The van der Waals surface area contributed by atoms with Gasteiger partial charge in [0.05, 0.1) is 11.6 Å².